The third-order valence-electron chi connectivity index (χ3n) is 3.18. The lowest BCUT2D eigenvalue weighted by atomic mass is 9.99. The van der Waals surface area contributed by atoms with Gasteiger partial charge in [0.15, 0.2) is 5.13 Å². The molecule has 1 aromatic carbocycles. The van der Waals surface area contributed by atoms with Gasteiger partial charge in [-0.1, -0.05) is 32.1 Å². The van der Waals surface area contributed by atoms with Gasteiger partial charge in [-0.25, -0.2) is 4.98 Å². The van der Waals surface area contributed by atoms with Crippen LogP contribution in [0.25, 0.3) is 10.2 Å². The fraction of sp³-hybridized carbons (Fsp3) is 0.533. The second kappa shape index (κ2) is 5.78. The number of rotatable bonds is 5. The molecule has 0 amide bonds. The van der Waals surface area contributed by atoms with Crippen molar-refractivity contribution in [3.8, 4) is 5.75 Å². The Labute approximate surface area is 119 Å². The van der Waals surface area contributed by atoms with Crippen LogP contribution in [0.2, 0.25) is 0 Å². The van der Waals surface area contributed by atoms with Crippen molar-refractivity contribution in [1.29, 1.82) is 0 Å². The van der Waals surface area contributed by atoms with Crippen molar-refractivity contribution in [2.24, 2.45) is 0 Å². The minimum absolute atomic E-state index is 0.428. The van der Waals surface area contributed by atoms with Crippen LogP contribution in [0.1, 0.15) is 44.2 Å². The maximum atomic E-state index is 5.54. The van der Waals surface area contributed by atoms with Gasteiger partial charge in [0.1, 0.15) is 5.75 Å². The number of thiazole rings is 1. The second-order valence-electron chi connectivity index (χ2n) is 5.09. The van der Waals surface area contributed by atoms with E-state index in [1.807, 2.05) is 0 Å². The van der Waals surface area contributed by atoms with E-state index >= 15 is 0 Å². The first kappa shape index (κ1) is 14.1. The fourth-order valence-corrected chi connectivity index (χ4v) is 3.50. The predicted octanol–water partition coefficient (Wildman–Crippen LogP) is 4.56. The minimum atomic E-state index is 0.428. The van der Waals surface area contributed by atoms with Crippen LogP contribution >= 0.6 is 11.3 Å². The van der Waals surface area contributed by atoms with Crippen molar-refractivity contribution in [3.63, 3.8) is 0 Å². The molecule has 2 rings (SSSR count). The number of benzene rings is 1. The minimum Gasteiger partial charge on any atom is -0.496 e. The largest absolute Gasteiger partial charge is 0.496 e. The molecule has 0 spiro atoms. The molecule has 0 saturated carbocycles. The molecule has 0 aliphatic carbocycles. The Morgan fingerprint density at radius 1 is 1.42 bits per heavy atom. The summed E-state index contributed by atoms with van der Waals surface area (Å²) >= 11 is 1.73. The van der Waals surface area contributed by atoms with Crippen LogP contribution in [0.15, 0.2) is 6.07 Å². The molecule has 0 unspecified atom stereocenters. The Kier molecular flexibility index (Phi) is 4.30. The lowest BCUT2D eigenvalue weighted by Gasteiger charge is -2.13. The van der Waals surface area contributed by atoms with Crippen LogP contribution in [0.4, 0.5) is 5.13 Å². The van der Waals surface area contributed by atoms with Crippen molar-refractivity contribution in [3.05, 3.63) is 17.2 Å². The molecule has 4 heteroatoms. The highest BCUT2D eigenvalue weighted by molar-refractivity contribution is 7.22. The summed E-state index contributed by atoms with van der Waals surface area (Å²) in [5, 5.41) is 4.39. The van der Waals surface area contributed by atoms with Crippen molar-refractivity contribution in [2.45, 2.75) is 40.0 Å². The number of hydrogen-bond donors (Lipinski definition) is 1. The van der Waals surface area contributed by atoms with Gasteiger partial charge in [-0.3, -0.25) is 0 Å². The molecule has 0 atom stereocenters. The van der Waals surface area contributed by atoms with E-state index < -0.39 is 0 Å². The first-order chi connectivity index (χ1) is 9.08. The number of nitrogens with zero attached hydrogens (tertiary/aromatic N) is 1. The summed E-state index contributed by atoms with van der Waals surface area (Å²) in [6.07, 6.45) is 1.11. The monoisotopic (exact) mass is 278 g/mol. The Balaban J connectivity index is 2.60. The number of aromatic nitrogens is 1. The molecule has 1 aromatic heterocycles. The summed E-state index contributed by atoms with van der Waals surface area (Å²) in [5.41, 5.74) is 3.55. The lowest BCUT2D eigenvalue weighted by molar-refractivity contribution is 0.408. The van der Waals surface area contributed by atoms with Crippen molar-refractivity contribution in [1.82, 2.24) is 4.98 Å². The van der Waals surface area contributed by atoms with E-state index in [-0.39, 0.29) is 0 Å². The third-order valence-corrected chi connectivity index (χ3v) is 4.23. The zero-order valence-electron chi connectivity index (χ0n) is 12.3. The maximum Gasteiger partial charge on any atom is 0.183 e. The molecule has 0 aliphatic heterocycles. The number of anilines is 1. The quantitative estimate of drug-likeness (QED) is 0.870. The van der Waals surface area contributed by atoms with Crippen molar-refractivity contribution >= 4 is 26.7 Å². The van der Waals surface area contributed by atoms with Crippen LogP contribution in [0, 0.1) is 6.92 Å². The molecule has 19 heavy (non-hydrogen) atoms. The van der Waals surface area contributed by atoms with E-state index in [4.69, 9.17) is 9.72 Å². The summed E-state index contributed by atoms with van der Waals surface area (Å²) in [6.45, 7) is 9.62. The second-order valence-corrected chi connectivity index (χ2v) is 6.09. The van der Waals surface area contributed by atoms with Crippen molar-refractivity contribution in [2.75, 3.05) is 19.0 Å². The lowest BCUT2D eigenvalue weighted by Crippen LogP contribution is -1.98. The first-order valence-corrected chi connectivity index (χ1v) is 7.62. The molecule has 0 saturated heterocycles. The van der Waals surface area contributed by atoms with E-state index in [0.29, 0.717) is 5.92 Å². The highest BCUT2D eigenvalue weighted by Crippen LogP contribution is 2.40. The summed E-state index contributed by atoms with van der Waals surface area (Å²) in [5.74, 6) is 1.41. The molecule has 3 nitrogen and oxygen atoms in total. The number of hydrogen-bond acceptors (Lipinski definition) is 4. The van der Waals surface area contributed by atoms with E-state index in [1.165, 1.54) is 15.8 Å². The van der Waals surface area contributed by atoms with Gasteiger partial charge in [0, 0.05) is 12.1 Å². The number of aryl methyl sites for hydroxylation is 1. The average Bonchev–Trinajstić information content (AvgIpc) is 2.79. The molecular weight excluding hydrogens is 256 g/mol. The molecule has 0 fully saturated rings. The van der Waals surface area contributed by atoms with Crippen LogP contribution in [0.3, 0.4) is 0 Å². The Morgan fingerprint density at radius 2 is 2.16 bits per heavy atom. The molecule has 0 aliphatic rings. The highest BCUT2D eigenvalue weighted by Gasteiger charge is 2.17. The SMILES string of the molecule is CCCNc1nc2c(C)cc(OC)c(C(C)C)c2s1. The first-order valence-electron chi connectivity index (χ1n) is 6.80. The van der Waals surface area contributed by atoms with E-state index in [0.717, 1.165) is 29.4 Å². The van der Waals surface area contributed by atoms with E-state index in [2.05, 4.69) is 39.1 Å². The van der Waals surface area contributed by atoms with Crippen molar-refractivity contribution < 1.29 is 4.74 Å². The number of ether oxygens (including phenoxy) is 1. The van der Waals surface area contributed by atoms with Gasteiger partial charge in [-0.15, -0.1) is 0 Å². The van der Waals surface area contributed by atoms with Gasteiger partial charge in [0.05, 0.1) is 17.3 Å². The summed E-state index contributed by atoms with van der Waals surface area (Å²) in [6, 6.07) is 2.10. The molecule has 0 radical (unpaired) electrons. The Bertz CT molecular complexity index is 575. The summed E-state index contributed by atoms with van der Waals surface area (Å²) < 4.78 is 6.80. The molecule has 0 bridgehead atoms. The predicted molar refractivity (Wildman–Crippen MR) is 83.8 cm³/mol. The highest BCUT2D eigenvalue weighted by atomic mass is 32.1. The summed E-state index contributed by atoms with van der Waals surface area (Å²) in [7, 11) is 1.74. The molecule has 104 valence electrons. The zero-order valence-corrected chi connectivity index (χ0v) is 13.1. The summed E-state index contributed by atoms with van der Waals surface area (Å²) in [4.78, 5) is 4.72. The Hall–Kier alpha value is -1.29. The van der Waals surface area contributed by atoms with Gasteiger partial charge in [-0.05, 0) is 30.9 Å². The van der Waals surface area contributed by atoms with Crippen LogP contribution in [-0.4, -0.2) is 18.6 Å². The Morgan fingerprint density at radius 3 is 2.74 bits per heavy atom. The maximum absolute atomic E-state index is 5.54. The van der Waals surface area contributed by atoms with Crippen LogP contribution in [0.5, 0.6) is 5.75 Å². The fourth-order valence-electron chi connectivity index (χ4n) is 2.25. The van der Waals surface area contributed by atoms with Gasteiger partial charge >= 0.3 is 0 Å². The van der Waals surface area contributed by atoms with Crippen LogP contribution < -0.4 is 10.1 Å². The van der Waals surface area contributed by atoms with Crippen LogP contribution in [-0.2, 0) is 0 Å². The molecule has 2 aromatic rings. The number of fused-ring (bicyclic) bond motifs is 1. The van der Waals surface area contributed by atoms with Gasteiger partial charge < -0.3 is 10.1 Å². The zero-order chi connectivity index (χ0) is 14.0. The standard InChI is InChI=1S/C15H22N2OS/c1-6-7-16-15-17-13-10(4)8-11(18-5)12(9(2)3)14(13)19-15/h8-9H,6-7H2,1-5H3,(H,16,17). The smallest absolute Gasteiger partial charge is 0.183 e. The van der Waals surface area contributed by atoms with E-state index in [9.17, 15) is 0 Å². The topological polar surface area (TPSA) is 34.2 Å². The normalized spacial score (nSPS) is 11.3. The van der Waals surface area contributed by atoms with Gasteiger partial charge in [0.2, 0.25) is 0 Å². The third kappa shape index (κ3) is 2.68. The van der Waals surface area contributed by atoms with Gasteiger partial charge in [-0.2, -0.15) is 0 Å². The molecule has 1 N–H and O–H groups in total. The number of nitrogens with one attached hydrogen (secondary N) is 1. The average molecular weight is 278 g/mol. The van der Waals surface area contributed by atoms with E-state index in [1.54, 1.807) is 18.4 Å². The molecular formula is C15H22N2OS. The molecule has 1 heterocycles. The van der Waals surface area contributed by atoms with Gasteiger partial charge in [0.25, 0.3) is 0 Å². The number of methoxy groups -OCH3 is 1.